The molecular formula is C13H21N3. The van der Waals surface area contributed by atoms with Gasteiger partial charge < -0.3 is 10.6 Å². The van der Waals surface area contributed by atoms with Crippen molar-refractivity contribution in [3.8, 4) is 0 Å². The lowest BCUT2D eigenvalue weighted by molar-refractivity contribution is 0.682. The zero-order chi connectivity index (χ0) is 11.4. The van der Waals surface area contributed by atoms with E-state index in [1.807, 2.05) is 0 Å². The van der Waals surface area contributed by atoms with Crippen molar-refractivity contribution in [3.05, 3.63) is 23.4 Å². The number of nitrogens with zero attached hydrogens (tertiary/aromatic N) is 1. The van der Waals surface area contributed by atoms with Gasteiger partial charge in [-0.2, -0.15) is 0 Å². The van der Waals surface area contributed by atoms with Crippen molar-refractivity contribution in [2.45, 2.75) is 45.7 Å². The summed E-state index contributed by atoms with van der Waals surface area (Å²) in [6.07, 6.45) is 3.80. The molecular weight excluding hydrogens is 198 g/mol. The lowest BCUT2D eigenvalue weighted by Gasteiger charge is -2.09. The molecule has 3 nitrogen and oxygen atoms in total. The van der Waals surface area contributed by atoms with Crippen LogP contribution in [0.25, 0.3) is 0 Å². The van der Waals surface area contributed by atoms with Crippen molar-refractivity contribution in [2.75, 3.05) is 11.9 Å². The minimum atomic E-state index is 0.761. The second-order valence-corrected chi connectivity index (χ2v) is 4.52. The maximum atomic E-state index is 4.56. The largest absolute Gasteiger partial charge is 0.370 e. The third kappa shape index (κ3) is 3.20. The summed E-state index contributed by atoms with van der Waals surface area (Å²) in [7, 11) is 0. The Kier molecular flexibility index (Phi) is 3.78. The molecule has 0 saturated heterocycles. The topological polar surface area (TPSA) is 37.0 Å². The molecule has 0 spiro atoms. The van der Waals surface area contributed by atoms with Crippen LogP contribution >= 0.6 is 0 Å². The van der Waals surface area contributed by atoms with Crippen molar-refractivity contribution < 1.29 is 0 Å². The average Bonchev–Trinajstić information content (AvgIpc) is 3.09. The van der Waals surface area contributed by atoms with Crippen LogP contribution < -0.4 is 10.6 Å². The van der Waals surface area contributed by atoms with E-state index in [2.05, 4.69) is 41.6 Å². The summed E-state index contributed by atoms with van der Waals surface area (Å²) in [6.45, 7) is 6.19. The molecule has 0 aromatic carbocycles. The Morgan fingerprint density at radius 2 is 2.19 bits per heavy atom. The summed E-state index contributed by atoms with van der Waals surface area (Å²) in [5, 5.41) is 6.82. The Labute approximate surface area is 97.7 Å². The van der Waals surface area contributed by atoms with Gasteiger partial charge in [0.05, 0.1) is 0 Å². The Hall–Kier alpha value is -1.09. The molecule has 1 aliphatic carbocycles. The van der Waals surface area contributed by atoms with Crippen LogP contribution in [0.5, 0.6) is 0 Å². The van der Waals surface area contributed by atoms with Gasteiger partial charge in [-0.3, -0.25) is 0 Å². The predicted octanol–water partition coefficient (Wildman–Crippen LogP) is 2.46. The summed E-state index contributed by atoms with van der Waals surface area (Å²) < 4.78 is 0. The third-order valence-corrected chi connectivity index (χ3v) is 2.91. The normalized spacial score (nSPS) is 15.1. The molecule has 0 bridgehead atoms. The van der Waals surface area contributed by atoms with E-state index in [-0.39, 0.29) is 0 Å². The maximum Gasteiger partial charge on any atom is 0.126 e. The Morgan fingerprint density at radius 3 is 2.81 bits per heavy atom. The summed E-state index contributed by atoms with van der Waals surface area (Å²) >= 11 is 0. The molecule has 3 heteroatoms. The molecule has 16 heavy (non-hydrogen) atoms. The van der Waals surface area contributed by atoms with Crippen molar-refractivity contribution in [3.63, 3.8) is 0 Å². The van der Waals surface area contributed by atoms with E-state index in [1.54, 1.807) is 0 Å². The summed E-state index contributed by atoms with van der Waals surface area (Å²) in [4.78, 5) is 4.56. The quantitative estimate of drug-likeness (QED) is 0.771. The third-order valence-electron chi connectivity index (χ3n) is 2.91. The standard InChI is InChI=1S/C13H21N3/c1-3-8-14-13-7-4-11(10(2)16-13)9-15-12-5-6-12/h4,7,12,15H,3,5-6,8-9H2,1-2H3,(H,14,16). The average molecular weight is 219 g/mol. The van der Waals surface area contributed by atoms with Crippen LogP contribution in [-0.2, 0) is 6.54 Å². The highest BCUT2D eigenvalue weighted by Crippen LogP contribution is 2.20. The number of pyridine rings is 1. The lowest BCUT2D eigenvalue weighted by Crippen LogP contribution is -2.16. The first kappa shape index (κ1) is 11.4. The maximum absolute atomic E-state index is 4.56. The monoisotopic (exact) mass is 219 g/mol. The number of rotatable bonds is 6. The molecule has 0 unspecified atom stereocenters. The molecule has 0 amide bonds. The van der Waals surface area contributed by atoms with E-state index in [1.165, 1.54) is 18.4 Å². The molecule has 0 atom stereocenters. The Morgan fingerprint density at radius 1 is 1.38 bits per heavy atom. The van der Waals surface area contributed by atoms with Crippen LogP contribution in [0.4, 0.5) is 5.82 Å². The molecule has 1 aromatic heterocycles. The van der Waals surface area contributed by atoms with Crippen LogP contribution in [0.3, 0.4) is 0 Å². The molecule has 0 radical (unpaired) electrons. The molecule has 1 saturated carbocycles. The van der Waals surface area contributed by atoms with Gasteiger partial charge in [0.15, 0.2) is 0 Å². The van der Waals surface area contributed by atoms with E-state index >= 15 is 0 Å². The minimum absolute atomic E-state index is 0.761. The van der Waals surface area contributed by atoms with Crippen LogP contribution in [0, 0.1) is 6.92 Å². The summed E-state index contributed by atoms with van der Waals surface area (Å²) in [5.74, 6) is 0.995. The molecule has 2 N–H and O–H groups in total. The highest BCUT2D eigenvalue weighted by atomic mass is 15.0. The predicted molar refractivity (Wildman–Crippen MR) is 67.6 cm³/mol. The van der Waals surface area contributed by atoms with Gasteiger partial charge in [0, 0.05) is 24.8 Å². The molecule has 0 aliphatic heterocycles. The van der Waals surface area contributed by atoms with Crippen molar-refractivity contribution in [1.29, 1.82) is 0 Å². The summed E-state index contributed by atoms with van der Waals surface area (Å²) in [5.41, 5.74) is 2.45. The fourth-order valence-electron chi connectivity index (χ4n) is 1.67. The number of hydrogen-bond acceptors (Lipinski definition) is 3. The second-order valence-electron chi connectivity index (χ2n) is 4.52. The van der Waals surface area contributed by atoms with Crippen molar-refractivity contribution in [1.82, 2.24) is 10.3 Å². The number of hydrogen-bond donors (Lipinski definition) is 2. The van der Waals surface area contributed by atoms with Gasteiger partial charge >= 0.3 is 0 Å². The van der Waals surface area contributed by atoms with Gasteiger partial charge in [0.2, 0.25) is 0 Å². The summed E-state index contributed by atoms with van der Waals surface area (Å²) in [6, 6.07) is 5.01. The first-order chi connectivity index (χ1) is 7.79. The van der Waals surface area contributed by atoms with E-state index in [4.69, 9.17) is 0 Å². The number of aromatic nitrogens is 1. The lowest BCUT2D eigenvalue weighted by atomic mass is 10.2. The van der Waals surface area contributed by atoms with Gasteiger partial charge in [-0.25, -0.2) is 4.98 Å². The highest BCUT2D eigenvalue weighted by Gasteiger charge is 2.20. The van der Waals surface area contributed by atoms with Crippen LogP contribution in [0.15, 0.2) is 12.1 Å². The smallest absolute Gasteiger partial charge is 0.126 e. The number of anilines is 1. The van der Waals surface area contributed by atoms with E-state index < -0.39 is 0 Å². The van der Waals surface area contributed by atoms with Crippen LogP contribution in [-0.4, -0.2) is 17.6 Å². The zero-order valence-electron chi connectivity index (χ0n) is 10.2. The fraction of sp³-hybridized carbons (Fsp3) is 0.615. The van der Waals surface area contributed by atoms with Gasteiger partial charge in [0.25, 0.3) is 0 Å². The molecule has 1 fully saturated rings. The van der Waals surface area contributed by atoms with Gasteiger partial charge in [-0.05, 0) is 37.8 Å². The Bertz CT molecular complexity index is 345. The van der Waals surface area contributed by atoms with E-state index in [0.29, 0.717) is 0 Å². The zero-order valence-corrected chi connectivity index (χ0v) is 10.2. The highest BCUT2D eigenvalue weighted by molar-refractivity contribution is 5.38. The number of aryl methyl sites for hydroxylation is 1. The van der Waals surface area contributed by atoms with Gasteiger partial charge in [-0.1, -0.05) is 13.0 Å². The van der Waals surface area contributed by atoms with Crippen molar-refractivity contribution in [2.24, 2.45) is 0 Å². The first-order valence-electron chi connectivity index (χ1n) is 6.23. The first-order valence-corrected chi connectivity index (χ1v) is 6.23. The number of nitrogens with one attached hydrogen (secondary N) is 2. The molecule has 2 rings (SSSR count). The van der Waals surface area contributed by atoms with Gasteiger partial charge in [0.1, 0.15) is 5.82 Å². The van der Waals surface area contributed by atoms with Crippen molar-refractivity contribution >= 4 is 5.82 Å². The SMILES string of the molecule is CCCNc1ccc(CNC2CC2)c(C)n1. The van der Waals surface area contributed by atoms with E-state index in [9.17, 15) is 0 Å². The molecule has 1 aromatic rings. The second kappa shape index (κ2) is 5.30. The molecule has 1 heterocycles. The molecule has 1 aliphatic rings. The van der Waals surface area contributed by atoms with Gasteiger partial charge in [-0.15, -0.1) is 0 Å². The molecule has 88 valence electrons. The fourth-order valence-corrected chi connectivity index (χ4v) is 1.67. The van der Waals surface area contributed by atoms with Crippen LogP contribution in [0.2, 0.25) is 0 Å². The van der Waals surface area contributed by atoms with Crippen LogP contribution in [0.1, 0.15) is 37.4 Å². The Balaban J connectivity index is 1.92. The minimum Gasteiger partial charge on any atom is -0.370 e. The van der Waals surface area contributed by atoms with E-state index in [0.717, 1.165) is 37.1 Å².